The third kappa shape index (κ3) is 2.34. The van der Waals surface area contributed by atoms with E-state index in [1.165, 1.54) is 19.3 Å². The lowest BCUT2D eigenvalue weighted by Crippen LogP contribution is -1.89. The largest absolute Gasteiger partial charge is 0.504 e. The topological polar surface area (TPSA) is 58.9 Å². The summed E-state index contributed by atoms with van der Waals surface area (Å²) in [5.74, 6) is 0.391. The molecule has 0 aliphatic carbocycles. The van der Waals surface area contributed by atoms with Gasteiger partial charge in [0.15, 0.2) is 11.5 Å². The molecule has 1 aromatic carbocycles. The quantitative estimate of drug-likeness (QED) is 0.666. The SMILES string of the molecule is COc1cc(CN=C=O)c(Br)cc1O. The molecule has 0 fully saturated rings. The van der Waals surface area contributed by atoms with Gasteiger partial charge in [0.1, 0.15) is 0 Å². The summed E-state index contributed by atoms with van der Waals surface area (Å²) in [7, 11) is 1.45. The number of nitrogens with zero attached hydrogens (tertiary/aromatic N) is 1. The lowest BCUT2D eigenvalue weighted by molar-refractivity contribution is 0.372. The molecular weight excluding hydrogens is 250 g/mol. The Balaban J connectivity index is 3.10. The molecule has 4 nitrogen and oxygen atoms in total. The van der Waals surface area contributed by atoms with Crippen molar-refractivity contribution in [3.63, 3.8) is 0 Å². The predicted octanol–water partition coefficient (Wildman–Crippen LogP) is 2.00. The summed E-state index contributed by atoms with van der Waals surface area (Å²) < 4.78 is 5.59. The normalized spacial score (nSPS) is 9.29. The van der Waals surface area contributed by atoms with Crippen LogP contribution in [0.25, 0.3) is 0 Å². The van der Waals surface area contributed by atoms with E-state index < -0.39 is 0 Å². The molecule has 0 amide bonds. The summed E-state index contributed by atoms with van der Waals surface area (Å²) in [4.78, 5) is 13.4. The third-order valence-corrected chi connectivity index (χ3v) is 2.40. The van der Waals surface area contributed by atoms with Gasteiger partial charge in [-0.3, -0.25) is 0 Å². The smallest absolute Gasteiger partial charge is 0.235 e. The van der Waals surface area contributed by atoms with Crippen LogP contribution in [-0.4, -0.2) is 18.3 Å². The number of methoxy groups -OCH3 is 1. The van der Waals surface area contributed by atoms with Gasteiger partial charge >= 0.3 is 0 Å². The maximum Gasteiger partial charge on any atom is 0.235 e. The van der Waals surface area contributed by atoms with Gasteiger partial charge < -0.3 is 9.84 Å². The molecule has 0 aliphatic rings. The van der Waals surface area contributed by atoms with E-state index in [4.69, 9.17) is 4.74 Å². The zero-order valence-electron chi connectivity index (χ0n) is 7.45. The second-order valence-electron chi connectivity index (χ2n) is 2.52. The lowest BCUT2D eigenvalue weighted by atomic mass is 10.2. The summed E-state index contributed by atoms with van der Waals surface area (Å²) in [5, 5.41) is 9.38. The van der Waals surface area contributed by atoms with Gasteiger partial charge in [0, 0.05) is 4.47 Å². The third-order valence-electron chi connectivity index (χ3n) is 1.66. The molecule has 0 bridgehead atoms. The number of aromatic hydroxyl groups is 1. The number of rotatable bonds is 3. The van der Waals surface area contributed by atoms with Gasteiger partial charge in [0.25, 0.3) is 0 Å². The number of aliphatic imine (C=N–C) groups is 1. The first-order valence-corrected chi connectivity index (χ1v) is 4.57. The van der Waals surface area contributed by atoms with Crippen LogP contribution >= 0.6 is 15.9 Å². The minimum absolute atomic E-state index is 0.0400. The van der Waals surface area contributed by atoms with Gasteiger partial charge in [0.05, 0.1) is 13.7 Å². The molecule has 5 heteroatoms. The number of halogens is 1. The van der Waals surface area contributed by atoms with Crippen molar-refractivity contribution >= 4 is 22.0 Å². The molecule has 0 aromatic heterocycles. The highest BCUT2D eigenvalue weighted by Gasteiger charge is 2.07. The molecule has 0 radical (unpaired) electrons. The van der Waals surface area contributed by atoms with Crippen LogP contribution in [-0.2, 0) is 11.3 Å². The minimum atomic E-state index is 0.0400. The number of benzene rings is 1. The van der Waals surface area contributed by atoms with Gasteiger partial charge in [-0.25, -0.2) is 9.79 Å². The van der Waals surface area contributed by atoms with Crippen LogP contribution in [0.2, 0.25) is 0 Å². The van der Waals surface area contributed by atoms with E-state index in [0.29, 0.717) is 10.2 Å². The molecular formula is C9H8BrNO3. The average molecular weight is 258 g/mol. The molecule has 14 heavy (non-hydrogen) atoms. The second kappa shape index (κ2) is 4.79. The minimum Gasteiger partial charge on any atom is -0.504 e. The van der Waals surface area contributed by atoms with E-state index >= 15 is 0 Å². The number of carbonyl (C=O) groups excluding carboxylic acids is 1. The Morgan fingerprint density at radius 2 is 2.36 bits per heavy atom. The van der Waals surface area contributed by atoms with Crippen molar-refractivity contribution in [2.24, 2.45) is 4.99 Å². The van der Waals surface area contributed by atoms with Crippen LogP contribution in [0.1, 0.15) is 5.56 Å². The van der Waals surface area contributed by atoms with Crippen molar-refractivity contribution in [3.05, 3.63) is 22.2 Å². The summed E-state index contributed by atoms with van der Waals surface area (Å²) in [6.07, 6.45) is 1.45. The first kappa shape index (κ1) is 10.8. The Labute approximate surface area is 89.4 Å². The standard InChI is InChI=1S/C9H8BrNO3/c1-14-9-2-6(4-11-5-12)7(10)3-8(9)13/h2-3,13H,4H2,1H3. The Morgan fingerprint density at radius 3 is 2.93 bits per heavy atom. The zero-order chi connectivity index (χ0) is 10.6. The van der Waals surface area contributed by atoms with Crippen LogP contribution in [0.5, 0.6) is 11.5 Å². The summed E-state index contributed by atoms with van der Waals surface area (Å²) in [5.41, 5.74) is 0.753. The molecule has 1 N–H and O–H groups in total. The van der Waals surface area contributed by atoms with Gasteiger partial charge in [0.2, 0.25) is 6.08 Å². The van der Waals surface area contributed by atoms with Crippen molar-refractivity contribution in [1.82, 2.24) is 0 Å². The van der Waals surface area contributed by atoms with E-state index in [2.05, 4.69) is 20.9 Å². The number of hydrogen-bond donors (Lipinski definition) is 1. The molecule has 1 aromatic rings. The number of phenols is 1. The van der Waals surface area contributed by atoms with Crippen molar-refractivity contribution < 1.29 is 14.6 Å². The van der Waals surface area contributed by atoms with E-state index in [1.54, 1.807) is 6.07 Å². The lowest BCUT2D eigenvalue weighted by Gasteiger charge is -2.06. The molecule has 0 saturated heterocycles. The van der Waals surface area contributed by atoms with E-state index in [0.717, 1.165) is 5.56 Å². The molecule has 0 aliphatic heterocycles. The summed E-state index contributed by atoms with van der Waals surface area (Å²) in [6, 6.07) is 3.11. The van der Waals surface area contributed by atoms with Crippen molar-refractivity contribution in [2.45, 2.75) is 6.54 Å². The van der Waals surface area contributed by atoms with Crippen LogP contribution in [0.3, 0.4) is 0 Å². The fourth-order valence-corrected chi connectivity index (χ4v) is 1.44. The Hall–Kier alpha value is -1.32. The van der Waals surface area contributed by atoms with Crippen LogP contribution < -0.4 is 4.74 Å². The second-order valence-corrected chi connectivity index (χ2v) is 3.38. The molecule has 74 valence electrons. The molecule has 0 spiro atoms. The molecule has 0 atom stereocenters. The van der Waals surface area contributed by atoms with E-state index in [-0.39, 0.29) is 12.3 Å². The van der Waals surface area contributed by atoms with Crippen LogP contribution in [0.15, 0.2) is 21.6 Å². The van der Waals surface area contributed by atoms with Gasteiger partial charge in [-0.1, -0.05) is 15.9 Å². The van der Waals surface area contributed by atoms with Crippen molar-refractivity contribution in [2.75, 3.05) is 7.11 Å². The number of ether oxygens (including phenoxy) is 1. The highest BCUT2D eigenvalue weighted by molar-refractivity contribution is 9.10. The highest BCUT2D eigenvalue weighted by atomic mass is 79.9. The number of isocyanates is 1. The number of phenolic OH excluding ortho intramolecular Hbond substituents is 1. The zero-order valence-corrected chi connectivity index (χ0v) is 9.04. The van der Waals surface area contributed by atoms with Crippen molar-refractivity contribution in [3.8, 4) is 11.5 Å². The monoisotopic (exact) mass is 257 g/mol. The molecule has 0 unspecified atom stereocenters. The molecule has 1 rings (SSSR count). The van der Waals surface area contributed by atoms with Gasteiger partial charge in [-0.15, -0.1) is 0 Å². The van der Waals surface area contributed by atoms with E-state index in [9.17, 15) is 9.90 Å². The molecule has 0 saturated carbocycles. The van der Waals surface area contributed by atoms with Gasteiger partial charge in [-0.2, -0.15) is 0 Å². The fraction of sp³-hybridized carbons (Fsp3) is 0.222. The Bertz CT molecular complexity index is 386. The Morgan fingerprint density at radius 1 is 1.64 bits per heavy atom. The summed E-state index contributed by atoms with van der Waals surface area (Å²) in [6.45, 7) is 0.209. The van der Waals surface area contributed by atoms with Crippen LogP contribution in [0, 0.1) is 0 Å². The fourth-order valence-electron chi connectivity index (χ4n) is 0.987. The molecule has 0 heterocycles. The predicted molar refractivity (Wildman–Crippen MR) is 54.2 cm³/mol. The Kier molecular flexibility index (Phi) is 3.68. The average Bonchev–Trinajstić information content (AvgIpc) is 2.17. The summed E-state index contributed by atoms with van der Waals surface area (Å²) >= 11 is 3.24. The van der Waals surface area contributed by atoms with Crippen molar-refractivity contribution in [1.29, 1.82) is 0 Å². The highest BCUT2D eigenvalue weighted by Crippen LogP contribution is 2.32. The van der Waals surface area contributed by atoms with Gasteiger partial charge in [-0.05, 0) is 17.7 Å². The van der Waals surface area contributed by atoms with Crippen LogP contribution in [0.4, 0.5) is 0 Å². The maximum atomic E-state index is 9.92. The number of hydrogen-bond acceptors (Lipinski definition) is 4. The van der Waals surface area contributed by atoms with E-state index in [1.807, 2.05) is 0 Å². The first-order valence-electron chi connectivity index (χ1n) is 3.78. The maximum absolute atomic E-state index is 9.92. The first-order chi connectivity index (χ1) is 6.69.